The van der Waals surface area contributed by atoms with Gasteiger partial charge in [-0.25, -0.2) is 8.42 Å². The molecule has 5 aromatic rings. The van der Waals surface area contributed by atoms with Crippen molar-refractivity contribution in [3.8, 4) is 39.9 Å². The number of ether oxygens (including phenoxy) is 7. The van der Waals surface area contributed by atoms with Gasteiger partial charge in [0.1, 0.15) is 5.75 Å². The van der Waals surface area contributed by atoms with Crippen LogP contribution in [0.5, 0.6) is 28.7 Å². The monoisotopic (exact) mass is 1030 g/mol. The van der Waals surface area contributed by atoms with Crippen LogP contribution in [0.3, 0.4) is 0 Å². The Morgan fingerprint density at radius 3 is 2.11 bits per heavy atom. The summed E-state index contributed by atoms with van der Waals surface area (Å²) in [6.07, 6.45) is 6.46. The van der Waals surface area contributed by atoms with Crippen LogP contribution in [-0.2, 0) is 43.6 Å². The number of amides is 1. The molecule has 0 bridgehead atoms. The van der Waals surface area contributed by atoms with Gasteiger partial charge in [0.15, 0.2) is 28.8 Å². The number of allylic oxidation sites excluding steroid dienone is 1. The maximum absolute atomic E-state index is 15.8. The number of benzene rings is 5. The van der Waals surface area contributed by atoms with E-state index in [2.05, 4.69) is 78.6 Å². The van der Waals surface area contributed by atoms with Crippen LogP contribution in [0.15, 0.2) is 108 Å². The van der Waals surface area contributed by atoms with E-state index in [4.69, 9.17) is 33.2 Å². The molecule has 1 saturated heterocycles. The third kappa shape index (κ3) is 9.85. The lowest BCUT2D eigenvalue weighted by Gasteiger charge is -2.49. The molecule has 1 amide bonds. The topological polar surface area (TPSA) is 146 Å². The zero-order valence-electron chi connectivity index (χ0n) is 43.4. The lowest BCUT2D eigenvalue weighted by molar-refractivity contribution is -0.155. The van der Waals surface area contributed by atoms with Crippen LogP contribution >= 0.6 is 0 Å². The molecule has 4 heterocycles. The van der Waals surface area contributed by atoms with E-state index in [9.17, 15) is 13.5 Å². The molecule has 0 saturated carbocycles. The fourth-order valence-electron chi connectivity index (χ4n) is 12.5. The minimum absolute atomic E-state index is 0.0476. The van der Waals surface area contributed by atoms with Gasteiger partial charge < -0.3 is 43.2 Å². The average Bonchev–Trinajstić information content (AvgIpc) is 3.82. The van der Waals surface area contributed by atoms with E-state index < -0.39 is 16.3 Å². The minimum atomic E-state index is -4.01. The number of methoxy groups -OCH3 is 5. The van der Waals surface area contributed by atoms with Gasteiger partial charge in [0.05, 0.1) is 59.7 Å². The molecule has 6 atom stereocenters. The van der Waals surface area contributed by atoms with Crippen molar-refractivity contribution in [1.82, 2.24) is 14.1 Å². The second-order valence-electron chi connectivity index (χ2n) is 20.0. The van der Waals surface area contributed by atoms with Gasteiger partial charge in [0.25, 0.3) is 5.91 Å². The summed E-state index contributed by atoms with van der Waals surface area (Å²) < 4.78 is 70.9. The van der Waals surface area contributed by atoms with Crippen LogP contribution in [0.2, 0.25) is 0 Å². The molecule has 0 spiro atoms. The van der Waals surface area contributed by atoms with E-state index in [0.717, 1.165) is 73.4 Å². The summed E-state index contributed by atoms with van der Waals surface area (Å²) >= 11 is 0. The largest absolute Gasteiger partial charge is 0.497 e. The Labute approximate surface area is 435 Å². The molecule has 6 unspecified atom stereocenters. The highest BCUT2D eigenvalue weighted by atomic mass is 32.2. The van der Waals surface area contributed by atoms with Crippen LogP contribution in [0.25, 0.3) is 11.1 Å². The van der Waals surface area contributed by atoms with E-state index in [-0.39, 0.29) is 66.8 Å². The van der Waals surface area contributed by atoms with Gasteiger partial charge in [0.2, 0.25) is 16.3 Å². The van der Waals surface area contributed by atoms with E-state index in [1.165, 1.54) is 56.9 Å². The van der Waals surface area contributed by atoms with Gasteiger partial charge >= 0.3 is 0 Å². The number of sulfonamides is 1. The van der Waals surface area contributed by atoms with Crippen molar-refractivity contribution in [2.45, 2.75) is 81.1 Å². The SMILES string of the molecule is CCC1CN2CCc3cc(OC)c(OC)cc3C2CC1CC1c2cc(OC)c(OC)cc2CCN1C(=O)C1=CC(c2cccc3c2Cc2ccccc2-3)CC(OCCN(CCO)S(=O)(=O)c2ccc(OC)cc2)O1. The van der Waals surface area contributed by atoms with E-state index in [1.54, 1.807) is 40.6 Å². The molecular formula is C59H69N3O11S. The number of nitrogens with zero attached hydrogens (tertiary/aromatic N) is 3. The summed E-state index contributed by atoms with van der Waals surface area (Å²) in [7, 11) is 4.19. The van der Waals surface area contributed by atoms with Crippen LogP contribution in [0.4, 0.5) is 0 Å². The first-order valence-electron chi connectivity index (χ1n) is 26.0. The maximum Gasteiger partial charge on any atom is 0.289 e. The highest BCUT2D eigenvalue weighted by Gasteiger charge is 2.44. The highest BCUT2D eigenvalue weighted by molar-refractivity contribution is 7.89. The zero-order valence-corrected chi connectivity index (χ0v) is 44.2. The number of carbonyl (C=O) groups is 1. The first-order chi connectivity index (χ1) is 36.0. The third-order valence-electron chi connectivity index (χ3n) is 16.3. The van der Waals surface area contributed by atoms with Crippen molar-refractivity contribution in [2.75, 3.05) is 81.5 Å². The molecule has 10 rings (SSSR count). The minimum Gasteiger partial charge on any atom is -0.497 e. The molecule has 15 heteroatoms. The maximum atomic E-state index is 15.8. The second kappa shape index (κ2) is 22.0. The Kier molecular flexibility index (Phi) is 15.3. The Balaban J connectivity index is 0.985. The number of aliphatic hydroxyl groups excluding tert-OH is 1. The van der Waals surface area contributed by atoms with Crippen LogP contribution < -0.4 is 23.7 Å². The number of aliphatic hydroxyl groups is 1. The number of piperidine rings is 1. The first-order valence-corrected chi connectivity index (χ1v) is 27.4. The summed E-state index contributed by atoms with van der Waals surface area (Å²) in [6, 6.07) is 29.3. The molecule has 4 aliphatic heterocycles. The smallest absolute Gasteiger partial charge is 0.289 e. The number of fused-ring (bicyclic) bond motifs is 7. The number of hydrogen-bond donors (Lipinski definition) is 1. The van der Waals surface area contributed by atoms with Crippen LogP contribution in [0, 0.1) is 11.8 Å². The molecule has 5 aromatic carbocycles. The molecule has 0 aromatic heterocycles. The fraction of sp³-hybridized carbons (Fsp3) is 0.441. The fourth-order valence-corrected chi connectivity index (χ4v) is 13.9. The predicted molar refractivity (Wildman–Crippen MR) is 282 cm³/mol. The van der Waals surface area contributed by atoms with Gasteiger partial charge in [-0.05, 0) is 149 Å². The molecule has 1 N–H and O–H groups in total. The van der Waals surface area contributed by atoms with Gasteiger partial charge in [-0.3, -0.25) is 9.69 Å². The molecule has 0 radical (unpaired) electrons. The Morgan fingerprint density at radius 2 is 1.41 bits per heavy atom. The van der Waals surface area contributed by atoms with Crippen molar-refractivity contribution in [3.05, 3.63) is 142 Å². The normalized spacial score (nSPS) is 22.1. The van der Waals surface area contributed by atoms with Crippen molar-refractivity contribution >= 4 is 15.9 Å². The van der Waals surface area contributed by atoms with Gasteiger partial charge in [-0.2, -0.15) is 4.31 Å². The summed E-state index contributed by atoms with van der Waals surface area (Å²) in [4.78, 5) is 20.5. The molecule has 5 aliphatic rings. The quantitative estimate of drug-likeness (QED) is 0.0878. The van der Waals surface area contributed by atoms with E-state index >= 15 is 4.79 Å². The molecule has 74 heavy (non-hydrogen) atoms. The standard InChI is InChI=1S/C59H69N3O11S/c1-7-37-36-60-21-19-39-30-53(68-3)55(70-5)34-48(39)51(60)28-41(37)29-52-49-35-56(71-6)54(69-4)31-40(49)20-22-62(52)59(64)57-32-42(46-13-10-14-47-45-12-9-8-11-38(45)27-50(46)47)33-58(73-57)72-26-24-61(23-25-63)74(65,66)44-17-15-43(67-2)16-18-44/h8-18,30-32,34-35,37,41-42,51-52,58,63H,7,19-29,33,36H2,1-6H3. The summed E-state index contributed by atoms with van der Waals surface area (Å²) in [6.45, 7) is 4.05. The van der Waals surface area contributed by atoms with E-state index in [0.29, 0.717) is 42.6 Å². The Hall–Kier alpha value is -6.10. The van der Waals surface area contributed by atoms with Crippen molar-refractivity contribution in [2.24, 2.45) is 11.8 Å². The number of carbonyl (C=O) groups excluding carboxylic acids is 1. The number of hydrogen-bond acceptors (Lipinski definition) is 12. The summed E-state index contributed by atoms with van der Waals surface area (Å²) in [5, 5.41) is 10.0. The molecule has 1 aliphatic carbocycles. The molecule has 14 nitrogen and oxygen atoms in total. The zero-order chi connectivity index (χ0) is 51.7. The number of rotatable bonds is 18. The first kappa shape index (κ1) is 51.4. The second-order valence-corrected chi connectivity index (χ2v) is 22.0. The summed E-state index contributed by atoms with van der Waals surface area (Å²) in [5.74, 6) is 3.64. The Bertz CT molecular complexity index is 3000. The van der Waals surface area contributed by atoms with Gasteiger partial charge in [-0.1, -0.05) is 55.8 Å². The molecular weight excluding hydrogens is 959 g/mol. The van der Waals surface area contributed by atoms with Gasteiger partial charge in [-0.15, -0.1) is 0 Å². The summed E-state index contributed by atoms with van der Waals surface area (Å²) in [5.41, 5.74) is 10.7. The van der Waals surface area contributed by atoms with Crippen molar-refractivity contribution < 1.29 is 51.5 Å². The van der Waals surface area contributed by atoms with Gasteiger partial charge in [0, 0.05) is 51.1 Å². The lowest BCUT2D eigenvalue weighted by atomic mass is 9.72. The predicted octanol–water partition coefficient (Wildman–Crippen LogP) is 8.88. The van der Waals surface area contributed by atoms with Crippen molar-refractivity contribution in [3.63, 3.8) is 0 Å². The third-order valence-corrected chi connectivity index (χ3v) is 18.2. The molecule has 1 fully saturated rings. The van der Waals surface area contributed by atoms with Crippen LogP contribution in [0.1, 0.15) is 89.6 Å². The van der Waals surface area contributed by atoms with E-state index in [1.807, 2.05) is 11.0 Å². The molecule has 392 valence electrons. The van der Waals surface area contributed by atoms with Crippen molar-refractivity contribution in [1.29, 1.82) is 0 Å². The lowest BCUT2D eigenvalue weighted by Crippen LogP contribution is -2.48. The van der Waals surface area contributed by atoms with Crippen LogP contribution in [-0.4, -0.2) is 121 Å². The average molecular weight is 1030 g/mol. The highest BCUT2D eigenvalue weighted by Crippen LogP contribution is 2.50. The Morgan fingerprint density at radius 1 is 0.730 bits per heavy atom.